The minimum Gasteiger partial charge on any atom is -0.462 e. The molecule has 0 radical (unpaired) electrons. The Morgan fingerprint density at radius 1 is 0.692 bits per heavy atom. The first-order chi connectivity index (χ1) is 24.4. The average Bonchev–Trinajstić information content (AvgIpc) is 3.03. The molecular weight excluding hydrogens is 696 g/mol. The zero-order chi connectivity index (χ0) is 39.1. The molecule has 1 amide bonds. The van der Waals surface area contributed by atoms with Gasteiger partial charge in [0, 0.05) is 55.0 Å². The van der Waals surface area contributed by atoms with E-state index in [1.807, 2.05) is 0 Å². The lowest BCUT2D eigenvalue weighted by molar-refractivity contribution is -0.269. The van der Waals surface area contributed by atoms with E-state index in [4.69, 9.17) is 48.4 Å². The Kier molecular flexibility index (Phi) is 17.1. The first-order valence-corrected chi connectivity index (χ1v) is 15.9. The second-order valence-corrected chi connectivity index (χ2v) is 11.4. The van der Waals surface area contributed by atoms with Crippen LogP contribution >= 0.6 is 0 Å². The molecule has 0 saturated carbocycles. The Balaban J connectivity index is 2.53. The summed E-state index contributed by atoms with van der Waals surface area (Å²) in [6.07, 6.45) is -13.0. The molecule has 1 aromatic rings. The largest absolute Gasteiger partial charge is 0.462 e. The van der Waals surface area contributed by atoms with Gasteiger partial charge in [-0.2, -0.15) is 0 Å². The van der Waals surface area contributed by atoms with Crippen LogP contribution in [0.5, 0.6) is 0 Å². The molecule has 1 fully saturated rings. The van der Waals surface area contributed by atoms with Gasteiger partial charge < -0.3 is 53.7 Å². The van der Waals surface area contributed by atoms with Crippen molar-refractivity contribution in [1.29, 1.82) is 0 Å². The molecule has 1 heterocycles. The molecule has 0 bridgehead atoms. The number of benzene rings is 1. The number of carbonyl (C=O) groups is 8. The molecule has 1 saturated heterocycles. The van der Waals surface area contributed by atoms with Gasteiger partial charge in [-0.1, -0.05) is 30.3 Å². The highest BCUT2D eigenvalue weighted by Crippen LogP contribution is 2.27. The van der Waals surface area contributed by atoms with Crippen LogP contribution in [0.15, 0.2) is 30.3 Å². The van der Waals surface area contributed by atoms with Crippen LogP contribution in [-0.2, 0) is 87.6 Å². The van der Waals surface area contributed by atoms with Gasteiger partial charge in [0.15, 0.2) is 36.8 Å². The molecular formula is C33H44N2O17. The number of hydrogen-bond donors (Lipinski definition) is 2. The van der Waals surface area contributed by atoms with Crippen molar-refractivity contribution in [2.45, 2.75) is 110 Å². The summed E-state index contributed by atoms with van der Waals surface area (Å²) >= 11 is 0. The first-order valence-electron chi connectivity index (χ1n) is 15.9. The number of rotatable bonds is 17. The molecule has 52 heavy (non-hydrogen) atoms. The van der Waals surface area contributed by atoms with Gasteiger partial charge in [0.05, 0.1) is 12.6 Å². The smallest absolute Gasteiger partial charge is 0.303 e. The second kappa shape index (κ2) is 20.6. The monoisotopic (exact) mass is 740 g/mol. The summed E-state index contributed by atoms with van der Waals surface area (Å²) in [5, 5.41) is 2.44. The molecule has 288 valence electrons. The summed E-state index contributed by atoms with van der Waals surface area (Å²) < 4.78 is 48.7. The van der Waals surface area contributed by atoms with Gasteiger partial charge in [-0.05, 0) is 5.56 Å². The molecule has 1 aliphatic heterocycles. The third kappa shape index (κ3) is 14.2. The summed E-state index contributed by atoms with van der Waals surface area (Å²) in [6.45, 7) is 5.71. The zero-order valence-corrected chi connectivity index (χ0v) is 29.7. The molecule has 0 aliphatic carbocycles. The van der Waals surface area contributed by atoms with Crippen LogP contribution in [0.1, 0.15) is 54.0 Å². The quantitative estimate of drug-likeness (QED) is 0.151. The number of esters is 7. The van der Waals surface area contributed by atoms with Crippen molar-refractivity contribution in [3.8, 4) is 0 Å². The van der Waals surface area contributed by atoms with Gasteiger partial charge in [-0.3, -0.25) is 38.4 Å². The van der Waals surface area contributed by atoms with E-state index in [1.54, 1.807) is 30.3 Å². The molecule has 19 heteroatoms. The zero-order valence-electron chi connectivity index (χ0n) is 29.7. The van der Waals surface area contributed by atoms with Crippen molar-refractivity contribution in [3.63, 3.8) is 0 Å². The standard InChI is InChI=1S/C33H44N2O17/c1-16(36)44-15-25(46-17(2)37)28(48-19(4)39)30(50-21(6)41)31(51-22(7)42)32(43)35-13-24-27(47-18(3)38)29(49-20(5)40)26(34)33(52-24)45-14-23-11-9-8-10-12-23/h8-12,24-31,33H,13-15,34H2,1-7H3,(H,35,43)/t24-,25-,26-,27-,28+,29-,30-,31-,33+/m1/s1. The molecule has 1 aromatic carbocycles. The maximum absolute atomic E-state index is 13.9. The van der Waals surface area contributed by atoms with Crippen LogP contribution in [0.25, 0.3) is 0 Å². The van der Waals surface area contributed by atoms with Crippen LogP contribution in [0.2, 0.25) is 0 Å². The third-order valence-electron chi connectivity index (χ3n) is 6.94. The number of amides is 1. The first kappa shape index (κ1) is 43.0. The summed E-state index contributed by atoms with van der Waals surface area (Å²) in [5.74, 6) is -7.69. The predicted octanol–water partition coefficient (Wildman–Crippen LogP) is -0.475. The van der Waals surface area contributed by atoms with Crippen LogP contribution in [0.3, 0.4) is 0 Å². The van der Waals surface area contributed by atoms with E-state index in [0.717, 1.165) is 54.0 Å². The van der Waals surface area contributed by atoms with E-state index in [-0.39, 0.29) is 6.61 Å². The third-order valence-corrected chi connectivity index (χ3v) is 6.94. The fourth-order valence-electron chi connectivity index (χ4n) is 5.06. The van der Waals surface area contributed by atoms with Crippen molar-refractivity contribution in [2.24, 2.45) is 5.73 Å². The van der Waals surface area contributed by atoms with Crippen LogP contribution in [0, 0.1) is 0 Å². The summed E-state index contributed by atoms with van der Waals surface area (Å²) in [7, 11) is 0. The minimum atomic E-state index is -2.12. The summed E-state index contributed by atoms with van der Waals surface area (Å²) in [4.78, 5) is 98.5. The van der Waals surface area contributed by atoms with E-state index in [2.05, 4.69) is 5.32 Å². The van der Waals surface area contributed by atoms with Crippen molar-refractivity contribution in [2.75, 3.05) is 13.2 Å². The normalized spacial score (nSPS) is 21.8. The average molecular weight is 741 g/mol. The van der Waals surface area contributed by atoms with Gasteiger partial charge in [0.25, 0.3) is 5.91 Å². The molecule has 19 nitrogen and oxygen atoms in total. The fourth-order valence-corrected chi connectivity index (χ4v) is 5.06. The van der Waals surface area contributed by atoms with E-state index >= 15 is 0 Å². The predicted molar refractivity (Wildman–Crippen MR) is 171 cm³/mol. The number of carbonyl (C=O) groups excluding carboxylic acids is 8. The van der Waals surface area contributed by atoms with Gasteiger partial charge in [0.2, 0.25) is 6.10 Å². The van der Waals surface area contributed by atoms with Crippen LogP contribution < -0.4 is 11.1 Å². The molecule has 0 unspecified atom stereocenters. The van der Waals surface area contributed by atoms with Crippen molar-refractivity contribution in [3.05, 3.63) is 35.9 Å². The Bertz CT molecular complexity index is 1440. The minimum absolute atomic E-state index is 0.00369. The fraction of sp³-hybridized carbons (Fsp3) is 0.576. The van der Waals surface area contributed by atoms with Gasteiger partial charge >= 0.3 is 41.8 Å². The Labute approximate surface area is 298 Å². The Morgan fingerprint density at radius 2 is 1.23 bits per heavy atom. The SMILES string of the molecule is CC(=O)OC[C@@H](OC(C)=O)[C@H](OC(C)=O)[C@@H](OC(C)=O)[C@@H](OC(C)=O)C(=O)NC[C@H]1O[C@H](OCc2ccccc2)[C@H](N)[C@@H](OC(C)=O)[C@@H]1OC(C)=O. The highest BCUT2D eigenvalue weighted by Gasteiger charge is 2.50. The lowest BCUT2D eigenvalue weighted by Crippen LogP contribution is -2.66. The maximum atomic E-state index is 13.9. The number of hydrogen-bond acceptors (Lipinski definition) is 18. The van der Waals surface area contributed by atoms with Crippen molar-refractivity contribution in [1.82, 2.24) is 5.32 Å². The van der Waals surface area contributed by atoms with Crippen LogP contribution in [0.4, 0.5) is 0 Å². The van der Waals surface area contributed by atoms with Gasteiger partial charge in [-0.25, -0.2) is 0 Å². The molecule has 9 atom stereocenters. The van der Waals surface area contributed by atoms with E-state index in [1.165, 1.54) is 0 Å². The van der Waals surface area contributed by atoms with E-state index in [0.29, 0.717) is 0 Å². The molecule has 1 aliphatic rings. The molecule has 3 N–H and O–H groups in total. The highest BCUT2D eigenvalue weighted by atomic mass is 16.7. The molecule has 2 rings (SSSR count). The highest BCUT2D eigenvalue weighted by molar-refractivity contribution is 5.84. The molecule has 0 aromatic heterocycles. The Morgan fingerprint density at radius 3 is 1.75 bits per heavy atom. The Hall–Kier alpha value is -5.14. The number of nitrogens with one attached hydrogen (secondary N) is 1. The van der Waals surface area contributed by atoms with E-state index in [9.17, 15) is 38.4 Å². The number of nitrogens with two attached hydrogens (primary N) is 1. The van der Waals surface area contributed by atoms with E-state index < -0.39 is 116 Å². The van der Waals surface area contributed by atoms with Crippen molar-refractivity contribution >= 4 is 47.7 Å². The summed E-state index contributed by atoms with van der Waals surface area (Å²) in [6, 6.07) is 7.70. The van der Waals surface area contributed by atoms with Gasteiger partial charge in [0.1, 0.15) is 12.7 Å². The lowest BCUT2D eigenvalue weighted by Gasteiger charge is -2.44. The maximum Gasteiger partial charge on any atom is 0.303 e. The number of ether oxygens (including phenoxy) is 9. The topological polar surface area (TPSA) is 258 Å². The van der Waals surface area contributed by atoms with Crippen molar-refractivity contribution < 1.29 is 81.0 Å². The van der Waals surface area contributed by atoms with Gasteiger partial charge in [-0.15, -0.1) is 0 Å². The summed E-state index contributed by atoms with van der Waals surface area (Å²) in [5.41, 5.74) is 7.10. The lowest BCUT2D eigenvalue weighted by atomic mass is 9.96. The van der Waals surface area contributed by atoms with Crippen LogP contribution in [-0.4, -0.2) is 116 Å². The second-order valence-electron chi connectivity index (χ2n) is 11.4. The molecule has 0 spiro atoms.